The molecular weight excluding hydrogens is 493 g/mol. The van der Waals surface area contributed by atoms with Gasteiger partial charge in [-0.1, -0.05) is 68.7 Å². The molecule has 1 heterocycles. The molecule has 0 fully saturated rings. The molecule has 38 heavy (non-hydrogen) atoms. The van der Waals surface area contributed by atoms with Crippen molar-refractivity contribution in [1.82, 2.24) is 4.98 Å². The van der Waals surface area contributed by atoms with Crippen LogP contribution < -0.4 is 0 Å². The van der Waals surface area contributed by atoms with Crippen LogP contribution in [0, 0.1) is 11.6 Å². The van der Waals surface area contributed by atoms with Crippen molar-refractivity contribution >= 4 is 10.8 Å². The van der Waals surface area contributed by atoms with E-state index in [0.29, 0.717) is 16.5 Å². The molecule has 3 aromatic carbocycles. The second kappa shape index (κ2) is 12.5. The minimum absolute atomic E-state index is 0.236. The number of hydrogen-bond acceptors (Lipinski definition) is 1. The van der Waals surface area contributed by atoms with E-state index in [-0.39, 0.29) is 18.7 Å². The molecule has 0 saturated carbocycles. The summed E-state index contributed by atoms with van der Waals surface area (Å²) in [6, 6.07) is 16.3. The Bertz CT molecular complexity index is 1360. The average molecular weight is 526 g/mol. The Morgan fingerprint density at radius 3 is 2.13 bits per heavy atom. The smallest absolute Gasteiger partial charge is 0.261 e. The van der Waals surface area contributed by atoms with E-state index in [4.69, 9.17) is 0 Å². The maximum Gasteiger partial charge on any atom is 0.419 e. The number of alkyl halides is 3. The molecule has 0 amide bonds. The summed E-state index contributed by atoms with van der Waals surface area (Å²) in [5, 5.41) is 1.29. The van der Waals surface area contributed by atoms with E-state index in [1.807, 2.05) is 24.4 Å². The van der Waals surface area contributed by atoms with Crippen LogP contribution >= 0.6 is 0 Å². The van der Waals surface area contributed by atoms with E-state index >= 15 is 4.39 Å². The number of benzene rings is 3. The number of rotatable bonds is 11. The molecule has 200 valence electrons. The van der Waals surface area contributed by atoms with Crippen molar-refractivity contribution in [1.29, 1.82) is 0 Å². The minimum Gasteiger partial charge on any atom is -0.261 e. The first-order valence-corrected chi connectivity index (χ1v) is 13.2. The van der Waals surface area contributed by atoms with E-state index < -0.39 is 17.6 Å². The number of halogens is 5. The Kier molecular flexibility index (Phi) is 9.13. The first-order valence-electron chi connectivity index (χ1n) is 13.2. The average Bonchev–Trinajstić information content (AvgIpc) is 2.89. The molecule has 0 radical (unpaired) electrons. The van der Waals surface area contributed by atoms with Crippen LogP contribution in [-0.4, -0.2) is 4.98 Å². The summed E-state index contributed by atoms with van der Waals surface area (Å²) < 4.78 is 67.4. The Hall–Kier alpha value is -3.28. The van der Waals surface area contributed by atoms with Gasteiger partial charge in [-0.25, -0.2) is 8.78 Å². The number of aromatic nitrogens is 1. The van der Waals surface area contributed by atoms with Gasteiger partial charge in [0.05, 0.1) is 5.56 Å². The van der Waals surface area contributed by atoms with Gasteiger partial charge in [-0.3, -0.25) is 4.98 Å². The lowest BCUT2D eigenvalue weighted by molar-refractivity contribution is -0.140. The third-order valence-corrected chi connectivity index (χ3v) is 7.00. The lowest BCUT2D eigenvalue weighted by Crippen LogP contribution is -2.08. The molecule has 0 bridgehead atoms. The highest BCUT2D eigenvalue weighted by Crippen LogP contribution is 2.32. The zero-order valence-corrected chi connectivity index (χ0v) is 21.6. The highest BCUT2D eigenvalue weighted by molar-refractivity contribution is 5.84. The van der Waals surface area contributed by atoms with Crippen LogP contribution in [0.25, 0.3) is 10.8 Å². The first kappa shape index (κ1) is 27.7. The zero-order chi connectivity index (χ0) is 27.1. The van der Waals surface area contributed by atoms with Gasteiger partial charge in [0.2, 0.25) is 0 Å². The highest BCUT2D eigenvalue weighted by atomic mass is 19.4. The van der Waals surface area contributed by atoms with Gasteiger partial charge in [0.15, 0.2) is 0 Å². The Labute approximate surface area is 220 Å². The Morgan fingerprint density at radius 2 is 1.42 bits per heavy atom. The molecular formula is C32H32F5N. The third kappa shape index (κ3) is 7.18. The van der Waals surface area contributed by atoms with Crippen LogP contribution in [0.15, 0.2) is 66.9 Å². The van der Waals surface area contributed by atoms with Crippen LogP contribution in [0.5, 0.6) is 0 Å². The maximum atomic E-state index is 15.2. The molecule has 4 rings (SSSR count). The molecule has 6 heteroatoms. The number of hydrogen-bond donors (Lipinski definition) is 0. The van der Waals surface area contributed by atoms with Gasteiger partial charge < -0.3 is 0 Å². The fraction of sp³-hybridized carbons (Fsp3) is 0.344. The van der Waals surface area contributed by atoms with E-state index in [0.717, 1.165) is 48.0 Å². The summed E-state index contributed by atoms with van der Waals surface area (Å²) in [5.41, 5.74) is 2.94. The molecule has 0 N–H and O–H groups in total. The number of fused-ring (bicyclic) bond motifs is 1. The van der Waals surface area contributed by atoms with Gasteiger partial charge in [-0.15, -0.1) is 0 Å². The topological polar surface area (TPSA) is 12.9 Å². The summed E-state index contributed by atoms with van der Waals surface area (Å²) in [4.78, 5) is 4.61. The first-order chi connectivity index (χ1) is 18.2. The standard InChI is InChI=1S/C32H32F5N/c1-2-3-4-5-6-24-9-16-27(38-21-24)15-8-22-10-17-28-26(19-22)14-13-25(31(28)34)12-7-23-11-18-29(30(33)20-23)32(35,36)37/h9-11,13-14,16-21H,2-8,12,15H2,1H3. The van der Waals surface area contributed by atoms with Gasteiger partial charge >= 0.3 is 6.18 Å². The van der Waals surface area contributed by atoms with Crippen LogP contribution in [0.1, 0.15) is 66.1 Å². The second-order valence-corrected chi connectivity index (χ2v) is 9.87. The predicted octanol–water partition coefficient (Wildman–Crippen LogP) is 9.22. The van der Waals surface area contributed by atoms with E-state index in [1.54, 1.807) is 12.1 Å². The zero-order valence-electron chi connectivity index (χ0n) is 21.6. The lowest BCUT2D eigenvalue weighted by Gasteiger charge is -2.11. The molecule has 1 nitrogen and oxygen atoms in total. The fourth-order valence-electron chi connectivity index (χ4n) is 4.74. The predicted molar refractivity (Wildman–Crippen MR) is 142 cm³/mol. The summed E-state index contributed by atoms with van der Waals surface area (Å²) in [6.45, 7) is 2.21. The minimum atomic E-state index is -4.74. The Morgan fingerprint density at radius 1 is 0.684 bits per heavy atom. The molecule has 0 aliphatic rings. The summed E-state index contributed by atoms with van der Waals surface area (Å²) >= 11 is 0. The molecule has 0 aliphatic heterocycles. The van der Waals surface area contributed by atoms with E-state index in [1.165, 1.54) is 37.3 Å². The van der Waals surface area contributed by atoms with Crippen LogP contribution in [0.2, 0.25) is 0 Å². The summed E-state index contributed by atoms with van der Waals surface area (Å²) in [6.07, 6.45) is 5.33. The fourth-order valence-corrected chi connectivity index (χ4v) is 4.74. The van der Waals surface area contributed by atoms with Crippen molar-refractivity contribution < 1.29 is 22.0 Å². The number of aryl methyl sites for hydroxylation is 5. The van der Waals surface area contributed by atoms with Gasteiger partial charge in [-0.2, -0.15) is 13.2 Å². The number of unbranched alkanes of at least 4 members (excludes halogenated alkanes) is 3. The largest absolute Gasteiger partial charge is 0.419 e. The monoisotopic (exact) mass is 525 g/mol. The van der Waals surface area contributed by atoms with Gasteiger partial charge in [0.25, 0.3) is 0 Å². The van der Waals surface area contributed by atoms with Crippen molar-refractivity contribution in [2.24, 2.45) is 0 Å². The van der Waals surface area contributed by atoms with Gasteiger partial charge in [0, 0.05) is 17.3 Å². The van der Waals surface area contributed by atoms with Crippen molar-refractivity contribution in [2.75, 3.05) is 0 Å². The summed E-state index contributed by atoms with van der Waals surface area (Å²) in [7, 11) is 0. The van der Waals surface area contributed by atoms with Crippen LogP contribution in [0.4, 0.5) is 22.0 Å². The van der Waals surface area contributed by atoms with E-state index in [2.05, 4.69) is 24.0 Å². The lowest BCUT2D eigenvalue weighted by atomic mass is 9.97. The van der Waals surface area contributed by atoms with Gasteiger partial charge in [-0.05, 0) is 84.4 Å². The van der Waals surface area contributed by atoms with Gasteiger partial charge in [0.1, 0.15) is 11.6 Å². The highest BCUT2D eigenvalue weighted by Gasteiger charge is 2.33. The molecule has 4 aromatic rings. The number of nitrogens with zero attached hydrogens (tertiary/aromatic N) is 1. The molecule has 0 unspecified atom stereocenters. The molecule has 0 saturated heterocycles. The molecule has 0 spiro atoms. The normalized spacial score (nSPS) is 11.8. The van der Waals surface area contributed by atoms with Crippen LogP contribution in [-0.2, 0) is 38.3 Å². The third-order valence-electron chi connectivity index (χ3n) is 7.00. The van der Waals surface area contributed by atoms with Crippen molar-refractivity contribution in [3.05, 3.63) is 112 Å². The van der Waals surface area contributed by atoms with Crippen molar-refractivity contribution in [2.45, 2.75) is 70.9 Å². The quantitative estimate of drug-likeness (QED) is 0.140. The summed E-state index contributed by atoms with van der Waals surface area (Å²) in [5.74, 6) is -1.66. The SMILES string of the molecule is CCCCCCc1ccc(CCc2ccc3c(F)c(CCc4ccc(C(F)(F)F)c(F)c4)ccc3c2)nc1. The molecule has 0 aliphatic carbocycles. The van der Waals surface area contributed by atoms with Crippen molar-refractivity contribution in [3.63, 3.8) is 0 Å². The molecule has 0 atom stereocenters. The molecule has 1 aromatic heterocycles. The van der Waals surface area contributed by atoms with Crippen LogP contribution in [0.3, 0.4) is 0 Å². The number of pyridine rings is 1. The maximum absolute atomic E-state index is 15.2. The second-order valence-electron chi connectivity index (χ2n) is 9.87. The Balaban J connectivity index is 1.36. The van der Waals surface area contributed by atoms with E-state index in [9.17, 15) is 17.6 Å². The van der Waals surface area contributed by atoms with Crippen molar-refractivity contribution in [3.8, 4) is 0 Å².